The van der Waals surface area contributed by atoms with Gasteiger partial charge in [-0.15, -0.1) is 11.3 Å². The zero-order chi connectivity index (χ0) is 14.8. The number of carbonyl (C=O) groups is 1. The van der Waals surface area contributed by atoms with Crippen LogP contribution in [-0.4, -0.2) is 15.6 Å². The third-order valence-electron chi connectivity index (χ3n) is 2.83. The molecule has 0 aliphatic carbocycles. The molecule has 4 nitrogen and oxygen atoms in total. The first-order valence-electron chi connectivity index (χ1n) is 6.09. The average Bonchev–Trinajstić information content (AvgIpc) is 3.10. The number of hydrogen-bond acceptors (Lipinski definition) is 5. The fourth-order valence-corrected chi connectivity index (χ4v) is 3.29. The van der Waals surface area contributed by atoms with Crippen molar-refractivity contribution in [2.45, 2.75) is 6.54 Å². The quantitative estimate of drug-likeness (QED) is 0.751. The maximum atomic E-state index is 13.7. The van der Waals surface area contributed by atoms with Crippen molar-refractivity contribution in [3.05, 3.63) is 57.3 Å². The van der Waals surface area contributed by atoms with Gasteiger partial charge < -0.3 is 0 Å². The lowest BCUT2D eigenvalue weighted by atomic mass is 10.2. The summed E-state index contributed by atoms with van der Waals surface area (Å²) in [5, 5.41) is 14.3. The molecule has 3 rings (SSSR count). The first-order valence-corrected chi connectivity index (χ1v) is 7.79. The van der Waals surface area contributed by atoms with Crippen LogP contribution in [0.5, 0.6) is 0 Å². The second-order valence-electron chi connectivity index (χ2n) is 4.25. The van der Waals surface area contributed by atoms with Gasteiger partial charge in [-0.3, -0.25) is 10.2 Å². The number of ketones is 1. The Morgan fingerprint density at radius 2 is 2.10 bits per heavy atom. The van der Waals surface area contributed by atoms with Crippen molar-refractivity contribution in [1.82, 2.24) is 9.78 Å². The van der Waals surface area contributed by atoms with E-state index in [0.29, 0.717) is 15.4 Å². The van der Waals surface area contributed by atoms with E-state index in [2.05, 4.69) is 5.10 Å². The molecule has 0 radical (unpaired) electrons. The maximum absolute atomic E-state index is 13.7. The number of hydrogen-bond donors (Lipinski definition) is 1. The molecule has 0 atom stereocenters. The number of carbonyl (C=O) groups excluding carboxylic acids is 1. The minimum absolute atomic E-state index is 0.00962. The molecular formula is C14H10FN3OS2. The molecule has 21 heavy (non-hydrogen) atoms. The monoisotopic (exact) mass is 319 g/mol. The van der Waals surface area contributed by atoms with E-state index in [1.165, 1.54) is 22.1 Å². The summed E-state index contributed by atoms with van der Waals surface area (Å²) in [4.78, 5) is 12.8. The first kappa shape index (κ1) is 13.8. The fraction of sp³-hybridized carbons (Fsp3) is 0.0714. The van der Waals surface area contributed by atoms with Crippen LogP contribution >= 0.6 is 22.7 Å². The first-order chi connectivity index (χ1) is 10.1. The van der Waals surface area contributed by atoms with Gasteiger partial charge in [-0.2, -0.15) is 5.10 Å². The molecule has 0 unspecified atom stereocenters. The lowest BCUT2D eigenvalue weighted by molar-refractivity contribution is 0.0970. The Hall–Kier alpha value is -2.12. The molecule has 0 spiro atoms. The van der Waals surface area contributed by atoms with Crippen LogP contribution in [0, 0.1) is 11.2 Å². The number of nitrogens with one attached hydrogen (secondary N) is 1. The summed E-state index contributed by atoms with van der Waals surface area (Å²) in [6.07, 6.45) is 0. The minimum atomic E-state index is -0.386. The second kappa shape index (κ2) is 5.71. The van der Waals surface area contributed by atoms with Crippen LogP contribution in [0.2, 0.25) is 0 Å². The fourth-order valence-electron chi connectivity index (χ4n) is 1.82. The molecule has 0 bridgehead atoms. The Kier molecular flexibility index (Phi) is 3.76. The smallest absolute Gasteiger partial charge is 0.200 e. The molecule has 7 heteroatoms. The van der Waals surface area contributed by atoms with E-state index in [9.17, 15) is 9.18 Å². The third kappa shape index (κ3) is 2.84. The molecule has 0 amide bonds. The third-order valence-corrected chi connectivity index (χ3v) is 4.64. The Morgan fingerprint density at radius 1 is 1.29 bits per heavy atom. The van der Waals surface area contributed by atoms with Gasteiger partial charge in [0.1, 0.15) is 17.4 Å². The van der Waals surface area contributed by atoms with Gasteiger partial charge in [-0.1, -0.05) is 29.5 Å². The summed E-state index contributed by atoms with van der Waals surface area (Å²) in [7, 11) is 0. The van der Waals surface area contributed by atoms with Gasteiger partial charge in [0.25, 0.3) is 0 Å². The van der Waals surface area contributed by atoms with Crippen molar-refractivity contribution in [3.8, 4) is 10.6 Å². The molecule has 3 aromatic rings. The average molecular weight is 319 g/mol. The molecule has 2 aromatic heterocycles. The number of benzene rings is 1. The molecule has 0 aliphatic rings. The van der Waals surface area contributed by atoms with Gasteiger partial charge >= 0.3 is 0 Å². The van der Waals surface area contributed by atoms with Crippen LogP contribution in [0.1, 0.15) is 9.67 Å². The van der Waals surface area contributed by atoms with Crippen molar-refractivity contribution in [1.29, 1.82) is 5.41 Å². The number of aromatic nitrogens is 2. The van der Waals surface area contributed by atoms with Crippen LogP contribution < -0.4 is 4.80 Å². The van der Waals surface area contributed by atoms with E-state index in [0.717, 1.165) is 11.3 Å². The molecular weight excluding hydrogens is 309 g/mol. The molecule has 106 valence electrons. The van der Waals surface area contributed by atoms with Gasteiger partial charge in [-0.25, -0.2) is 9.07 Å². The zero-order valence-corrected chi connectivity index (χ0v) is 12.4. The lowest BCUT2D eigenvalue weighted by Gasteiger charge is -1.99. The number of rotatable bonds is 4. The number of thiophene rings is 1. The highest BCUT2D eigenvalue weighted by molar-refractivity contribution is 7.12. The van der Waals surface area contributed by atoms with Gasteiger partial charge in [0.2, 0.25) is 4.80 Å². The van der Waals surface area contributed by atoms with E-state index >= 15 is 0 Å². The van der Waals surface area contributed by atoms with E-state index in [-0.39, 0.29) is 22.9 Å². The van der Waals surface area contributed by atoms with E-state index in [1.54, 1.807) is 30.3 Å². The van der Waals surface area contributed by atoms with Crippen LogP contribution in [0.15, 0.2) is 41.8 Å². The van der Waals surface area contributed by atoms with Gasteiger partial charge in [0.05, 0.1) is 4.88 Å². The molecule has 1 aromatic carbocycles. The maximum Gasteiger partial charge on any atom is 0.200 e. The summed E-state index contributed by atoms with van der Waals surface area (Å²) in [6, 6.07) is 9.81. The van der Waals surface area contributed by atoms with Crippen molar-refractivity contribution < 1.29 is 9.18 Å². The summed E-state index contributed by atoms with van der Waals surface area (Å²) >= 11 is 2.40. The molecule has 0 saturated carbocycles. The van der Waals surface area contributed by atoms with Crippen molar-refractivity contribution in [3.63, 3.8) is 0 Å². The topological polar surface area (TPSA) is 58.7 Å². The molecule has 2 heterocycles. The van der Waals surface area contributed by atoms with Gasteiger partial charge in [0.15, 0.2) is 5.78 Å². The number of halogens is 1. The minimum Gasteiger partial charge on any atom is -0.291 e. The zero-order valence-electron chi connectivity index (χ0n) is 10.7. The Labute approximate surface area is 127 Å². The largest absolute Gasteiger partial charge is 0.291 e. The summed E-state index contributed by atoms with van der Waals surface area (Å²) in [6.45, 7) is -0.00962. The SMILES string of the molecule is N=c1sc(-c2ccccc2F)nn1CC(=O)c1cccs1. The predicted molar refractivity (Wildman–Crippen MR) is 80.0 cm³/mol. The standard InChI is InChI=1S/C14H10FN3OS2/c15-10-5-2-1-4-9(10)13-17-18(14(16)21-13)8-11(19)12-6-3-7-20-12/h1-7,16H,8H2. The highest BCUT2D eigenvalue weighted by atomic mass is 32.1. The predicted octanol–water partition coefficient (Wildman–Crippen LogP) is 3.17. The van der Waals surface area contributed by atoms with Gasteiger partial charge in [-0.05, 0) is 23.6 Å². The number of Topliss-reactive ketones (excluding diaryl/α,β-unsaturated/α-hetero) is 1. The summed E-state index contributed by atoms with van der Waals surface area (Å²) in [5.41, 5.74) is 0.346. The Bertz CT molecular complexity index is 836. The highest BCUT2D eigenvalue weighted by Crippen LogP contribution is 2.22. The van der Waals surface area contributed by atoms with Crippen LogP contribution in [0.4, 0.5) is 4.39 Å². The van der Waals surface area contributed by atoms with Crippen LogP contribution in [0.3, 0.4) is 0 Å². The normalized spacial score (nSPS) is 10.7. The van der Waals surface area contributed by atoms with Gasteiger partial charge in [0, 0.05) is 5.56 Å². The second-order valence-corrected chi connectivity index (χ2v) is 6.18. The van der Waals surface area contributed by atoms with Crippen LogP contribution in [0.25, 0.3) is 10.6 Å². The summed E-state index contributed by atoms with van der Waals surface area (Å²) in [5.74, 6) is -0.489. The van der Waals surface area contributed by atoms with E-state index in [1.807, 2.05) is 5.38 Å². The van der Waals surface area contributed by atoms with Crippen molar-refractivity contribution in [2.75, 3.05) is 0 Å². The highest BCUT2D eigenvalue weighted by Gasteiger charge is 2.14. The van der Waals surface area contributed by atoms with E-state index in [4.69, 9.17) is 5.41 Å². The van der Waals surface area contributed by atoms with E-state index < -0.39 is 0 Å². The van der Waals surface area contributed by atoms with Crippen LogP contribution in [-0.2, 0) is 6.54 Å². The molecule has 0 aliphatic heterocycles. The molecule has 1 N–H and O–H groups in total. The van der Waals surface area contributed by atoms with Crippen molar-refractivity contribution in [2.24, 2.45) is 0 Å². The number of nitrogens with zero attached hydrogens (tertiary/aromatic N) is 2. The Morgan fingerprint density at radius 3 is 2.81 bits per heavy atom. The lowest BCUT2D eigenvalue weighted by Crippen LogP contribution is -2.20. The summed E-state index contributed by atoms with van der Waals surface area (Å²) < 4.78 is 15.0. The van der Waals surface area contributed by atoms with Crippen molar-refractivity contribution >= 4 is 28.5 Å². The Balaban J connectivity index is 1.91. The molecule has 0 fully saturated rings. The molecule has 0 saturated heterocycles.